The summed E-state index contributed by atoms with van der Waals surface area (Å²) >= 11 is 11.9. The zero-order valence-electron chi connectivity index (χ0n) is 11.3. The topological polar surface area (TPSA) is 52.3 Å². The Hall–Kier alpha value is -1.71. The van der Waals surface area contributed by atoms with E-state index in [1.807, 2.05) is 19.1 Å². The van der Waals surface area contributed by atoms with Crippen molar-refractivity contribution in [1.82, 2.24) is 0 Å². The predicted octanol–water partition coefficient (Wildman–Crippen LogP) is 4.13. The summed E-state index contributed by atoms with van der Waals surface area (Å²) in [6, 6.07) is 8.52. The highest BCUT2D eigenvalue weighted by molar-refractivity contribution is 6.44. The molecule has 0 bridgehead atoms. The van der Waals surface area contributed by atoms with Crippen LogP contribution in [0.3, 0.4) is 0 Å². The average Bonchev–Trinajstić information content (AvgIpc) is 2.82. The summed E-state index contributed by atoms with van der Waals surface area (Å²) in [5.74, 6) is 0.704. The van der Waals surface area contributed by atoms with Gasteiger partial charge in [0.15, 0.2) is 5.78 Å². The Balaban J connectivity index is 1.98. The number of halogens is 2. The number of carbonyl (C=O) groups is 1. The molecule has 0 fully saturated rings. The van der Waals surface area contributed by atoms with Gasteiger partial charge in [-0.15, -0.1) is 0 Å². The Morgan fingerprint density at radius 1 is 1.24 bits per heavy atom. The number of nitrogen functional groups attached to an aromatic ring is 1. The van der Waals surface area contributed by atoms with Crippen LogP contribution in [0.4, 0.5) is 5.69 Å². The number of hydrogen-bond acceptors (Lipinski definition) is 3. The number of carbonyl (C=O) groups excluding carboxylic acids is 1. The number of rotatable bonds is 2. The molecule has 3 nitrogen and oxygen atoms in total. The third-order valence-corrected chi connectivity index (χ3v) is 4.29. The van der Waals surface area contributed by atoms with Crippen molar-refractivity contribution in [2.24, 2.45) is 0 Å². The highest BCUT2D eigenvalue weighted by Crippen LogP contribution is 2.32. The van der Waals surface area contributed by atoms with Crippen molar-refractivity contribution in [2.45, 2.75) is 19.4 Å². The summed E-state index contributed by atoms with van der Waals surface area (Å²) in [5.41, 5.74) is 8.11. The minimum Gasteiger partial charge on any atom is -0.490 e. The monoisotopic (exact) mass is 321 g/mol. The number of benzene rings is 2. The van der Waals surface area contributed by atoms with Crippen LogP contribution in [0.1, 0.15) is 28.4 Å². The van der Waals surface area contributed by atoms with Gasteiger partial charge in [-0.2, -0.15) is 0 Å². The lowest BCUT2D eigenvalue weighted by molar-refractivity contribution is 0.103. The molecule has 0 saturated carbocycles. The van der Waals surface area contributed by atoms with Crippen molar-refractivity contribution in [3.8, 4) is 5.75 Å². The molecule has 5 heteroatoms. The highest BCUT2D eigenvalue weighted by atomic mass is 35.5. The van der Waals surface area contributed by atoms with Crippen LogP contribution in [-0.2, 0) is 6.42 Å². The first-order valence-corrected chi connectivity index (χ1v) is 7.30. The van der Waals surface area contributed by atoms with Crippen molar-refractivity contribution in [3.63, 3.8) is 0 Å². The zero-order valence-corrected chi connectivity index (χ0v) is 12.8. The maximum absolute atomic E-state index is 12.5. The third kappa shape index (κ3) is 2.59. The van der Waals surface area contributed by atoms with E-state index < -0.39 is 0 Å². The van der Waals surface area contributed by atoms with Crippen LogP contribution < -0.4 is 10.5 Å². The van der Waals surface area contributed by atoms with E-state index >= 15 is 0 Å². The molecule has 1 atom stereocenters. The number of anilines is 1. The van der Waals surface area contributed by atoms with E-state index in [-0.39, 0.29) is 21.9 Å². The van der Waals surface area contributed by atoms with Gasteiger partial charge in [0, 0.05) is 17.5 Å². The fourth-order valence-electron chi connectivity index (χ4n) is 2.47. The molecule has 3 rings (SSSR count). The van der Waals surface area contributed by atoms with Gasteiger partial charge in [-0.25, -0.2) is 0 Å². The van der Waals surface area contributed by atoms with Gasteiger partial charge in [-0.3, -0.25) is 4.79 Å². The highest BCUT2D eigenvalue weighted by Gasteiger charge is 2.21. The Morgan fingerprint density at radius 2 is 2.00 bits per heavy atom. The van der Waals surface area contributed by atoms with E-state index in [1.54, 1.807) is 12.1 Å². The Bertz CT molecular complexity index is 720. The van der Waals surface area contributed by atoms with E-state index in [0.717, 1.165) is 17.7 Å². The van der Waals surface area contributed by atoms with Gasteiger partial charge in [0.2, 0.25) is 0 Å². The van der Waals surface area contributed by atoms with Crippen LogP contribution in [0.2, 0.25) is 10.0 Å². The molecule has 0 aromatic heterocycles. The second-order valence-electron chi connectivity index (χ2n) is 5.15. The Morgan fingerprint density at radius 3 is 2.71 bits per heavy atom. The van der Waals surface area contributed by atoms with Gasteiger partial charge in [-0.1, -0.05) is 23.2 Å². The van der Waals surface area contributed by atoms with Gasteiger partial charge in [-0.05, 0) is 42.8 Å². The summed E-state index contributed by atoms with van der Waals surface area (Å²) in [7, 11) is 0. The summed E-state index contributed by atoms with van der Waals surface area (Å²) in [4.78, 5) is 12.5. The van der Waals surface area contributed by atoms with E-state index in [1.165, 1.54) is 6.07 Å². The summed E-state index contributed by atoms with van der Waals surface area (Å²) in [6.07, 6.45) is 0.950. The van der Waals surface area contributed by atoms with Crippen LogP contribution in [0.25, 0.3) is 0 Å². The Labute approximate surface area is 132 Å². The van der Waals surface area contributed by atoms with Gasteiger partial charge in [0.1, 0.15) is 11.9 Å². The first-order valence-electron chi connectivity index (χ1n) is 6.54. The number of fused-ring (bicyclic) bond motifs is 1. The minimum absolute atomic E-state index is 0.136. The van der Waals surface area contributed by atoms with E-state index in [9.17, 15) is 4.79 Å². The van der Waals surface area contributed by atoms with Crippen LogP contribution >= 0.6 is 23.2 Å². The average molecular weight is 322 g/mol. The molecule has 0 radical (unpaired) electrons. The van der Waals surface area contributed by atoms with Crippen molar-refractivity contribution in [2.75, 3.05) is 5.73 Å². The summed E-state index contributed by atoms with van der Waals surface area (Å²) in [6.45, 7) is 2.00. The van der Waals surface area contributed by atoms with Crippen LogP contribution in [0, 0.1) is 0 Å². The van der Waals surface area contributed by atoms with Gasteiger partial charge >= 0.3 is 0 Å². The summed E-state index contributed by atoms with van der Waals surface area (Å²) < 4.78 is 5.63. The second-order valence-corrected chi connectivity index (χ2v) is 5.93. The predicted molar refractivity (Wildman–Crippen MR) is 84.5 cm³/mol. The number of ether oxygens (including phenoxy) is 1. The van der Waals surface area contributed by atoms with E-state index in [0.29, 0.717) is 16.8 Å². The molecule has 108 valence electrons. The zero-order chi connectivity index (χ0) is 15.1. The van der Waals surface area contributed by atoms with Crippen molar-refractivity contribution in [1.29, 1.82) is 0 Å². The molecule has 1 unspecified atom stereocenters. The van der Waals surface area contributed by atoms with Crippen molar-refractivity contribution >= 4 is 34.7 Å². The first-order chi connectivity index (χ1) is 9.95. The molecule has 21 heavy (non-hydrogen) atoms. The molecule has 1 aliphatic heterocycles. The van der Waals surface area contributed by atoms with Gasteiger partial charge in [0.25, 0.3) is 0 Å². The summed E-state index contributed by atoms with van der Waals surface area (Å²) in [5, 5.41) is 0.544. The van der Waals surface area contributed by atoms with Crippen molar-refractivity contribution < 1.29 is 9.53 Å². The van der Waals surface area contributed by atoms with E-state index in [2.05, 4.69) is 0 Å². The number of ketones is 1. The lowest BCUT2D eigenvalue weighted by atomic mass is 9.99. The minimum atomic E-state index is -0.136. The fourth-order valence-corrected chi connectivity index (χ4v) is 2.81. The molecule has 0 amide bonds. The first kappa shape index (κ1) is 14.2. The molecule has 1 heterocycles. The van der Waals surface area contributed by atoms with Crippen LogP contribution in [-0.4, -0.2) is 11.9 Å². The van der Waals surface area contributed by atoms with Crippen LogP contribution in [0.5, 0.6) is 5.75 Å². The van der Waals surface area contributed by atoms with Crippen LogP contribution in [0.15, 0.2) is 30.3 Å². The van der Waals surface area contributed by atoms with Gasteiger partial charge < -0.3 is 10.5 Å². The van der Waals surface area contributed by atoms with E-state index in [4.69, 9.17) is 33.7 Å². The number of nitrogens with two attached hydrogens (primary N) is 1. The molecule has 2 aromatic carbocycles. The molecular weight excluding hydrogens is 309 g/mol. The van der Waals surface area contributed by atoms with Crippen molar-refractivity contribution in [3.05, 3.63) is 57.1 Å². The molecule has 2 N–H and O–H groups in total. The quantitative estimate of drug-likeness (QED) is 0.668. The molecule has 0 saturated heterocycles. The lowest BCUT2D eigenvalue weighted by Crippen LogP contribution is -2.05. The number of hydrogen-bond donors (Lipinski definition) is 1. The second kappa shape index (κ2) is 5.24. The Kier molecular flexibility index (Phi) is 3.56. The fraction of sp³-hybridized carbons (Fsp3) is 0.188. The maximum Gasteiger partial charge on any atom is 0.193 e. The van der Waals surface area contributed by atoms with Gasteiger partial charge in [0.05, 0.1) is 15.7 Å². The molecule has 2 aromatic rings. The standard InChI is InChI=1S/C16H13Cl2NO2/c1-8-4-10-5-9(2-3-14(10)21-8)16(20)11-6-12(17)15(18)13(19)7-11/h2-3,5-8H,4,19H2,1H3. The maximum atomic E-state index is 12.5. The largest absolute Gasteiger partial charge is 0.490 e. The third-order valence-electron chi connectivity index (χ3n) is 3.48. The molecule has 0 spiro atoms. The lowest BCUT2D eigenvalue weighted by Gasteiger charge is -2.07. The molecular formula is C16H13Cl2NO2. The smallest absolute Gasteiger partial charge is 0.193 e. The molecule has 1 aliphatic rings. The normalized spacial score (nSPS) is 16.4. The molecule has 0 aliphatic carbocycles. The SMILES string of the molecule is CC1Cc2cc(C(=O)c3cc(N)c(Cl)c(Cl)c3)ccc2O1.